The van der Waals surface area contributed by atoms with Crippen molar-refractivity contribution < 1.29 is 14.3 Å². The van der Waals surface area contributed by atoms with Gasteiger partial charge in [-0.05, 0) is 43.9 Å². The van der Waals surface area contributed by atoms with Crippen LogP contribution in [0.5, 0.6) is 0 Å². The first-order chi connectivity index (χ1) is 14.6. The second-order valence-electron chi connectivity index (χ2n) is 7.92. The third-order valence-corrected chi connectivity index (χ3v) is 7.16. The van der Waals surface area contributed by atoms with Gasteiger partial charge in [-0.15, -0.1) is 0 Å². The van der Waals surface area contributed by atoms with Gasteiger partial charge in [0.05, 0.1) is 16.8 Å². The van der Waals surface area contributed by atoms with Gasteiger partial charge < -0.3 is 19.4 Å². The molecule has 1 aromatic heterocycles. The van der Waals surface area contributed by atoms with Crippen LogP contribution in [-0.4, -0.2) is 72.7 Å². The minimum Gasteiger partial charge on any atom is -0.450 e. The van der Waals surface area contributed by atoms with Crippen molar-refractivity contribution in [2.75, 3.05) is 50.8 Å². The maximum atomic E-state index is 13.0. The van der Waals surface area contributed by atoms with Crippen molar-refractivity contribution in [3.63, 3.8) is 0 Å². The Hall–Kier alpha value is -2.35. The lowest BCUT2D eigenvalue weighted by Gasteiger charge is -2.38. The number of fused-ring (bicyclic) bond motifs is 1. The topological polar surface area (TPSA) is 66.0 Å². The maximum absolute atomic E-state index is 13.0. The summed E-state index contributed by atoms with van der Waals surface area (Å²) in [6.07, 6.45) is 2.46. The first-order valence-electron chi connectivity index (χ1n) is 10.9. The van der Waals surface area contributed by atoms with Crippen molar-refractivity contribution in [1.29, 1.82) is 0 Å². The number of hydrogen-bond acceptors (Lipinski definition) is 6. The number of ether oxygens (including phenoxy) is 1. The third kappa shape index (κ3) is 4.38. The molecule has 7 nitrogen and oxygen atoms in total. The van der Waals surface area contributed by atoms with E-state index in [0.29, 0.717) is 32.8 Å². The van der Waals surface area contributed by atoms with Crippen LogP contribution in [0.25, 0.3) is 10.2 Å². The van der Waals surface area contributed by atoms with Crippen LogP contribution in [-0.2, 0) is 16.0 Å². The molecule has 0 unspecified atom stereocenters. The molecular weight excluding hydrogens is 400 g/mol. The van der Waals surface area contributed by atoms with Crippen LogP contribution in [0.15, 0.2) is 18.2 Å². The van der Waals surface area contributed by atoms with Crippen LogP contribution in [0.3, 0.4) is 0 Å². The Morgan fingerprint density at radius 3 is 2.43 bits per heavy atom. The van der Waals surface area contributed by atoms with Crippen LogP contribution in [0.1, 0.15) is 32.3 Å². The molecule has 0 saturated carbocycles. The summed E-state index contributed by atoms with van der Waals surface area (Å²) in [7, 11) is 0. The van der Waals surface area contributed by atoms with Gasteiger partial charge in [-0.2, -0.15) is 0 Å². The van der Waals surface area contributed by atoms with Crippen LogP contribution >= 0.6 is 11.3 Å². The molecular formula is C22H30N4O3S. The highest BCUT2D eigenvalue weighted by atomic mass is 32.1. The highest BCUT2D eigenvalue weighted by molar-refractivity contribution is 7.22. The van der Waals surface area contributed by atoms with Crippen LogP contribution in [0.2, 0.25) is 0 Å². The molecule has 2 aromatic rings. The molecule has 2 saturated heterocycles. The molecule has 0 N–H and O–H groups in total. The Balaban J connectivity index is 1.30. The minimum atomic E-state index is -0.278. The molecule has 0 atom stereocenters. The number of nitrogens with zero attached hydrogens (tertiary/aromatic N) is 4. The van der Waals surface area contributed by atoms with Crippen molar-refractivity contribution in [1.82, 2.24) is 14.8 Å². The molecule has 8 heteroatoms. The molecule has 0 spiro atoms. The SMILES string of the molecule is CCOC(=O)N1CCN(C(=O)C2CCN(c3nc4ccc(CC)cc4s3)CC2)CC1. The number of carbonyl (C=O) groups excluding carboxylic acids is 2. The van der Waals surface area contributed by atoms with Gasteiger partial charge in [0.15, 0.2) is 5.13 Å². The number of carbonyl (C=O) groups is 2. The summed E-state index contributed by atoms with van der Waals surface area (Å²) in [5.41, 5.74) is 2.40. The summed E-state index contributed by atoms with van der Waals surface area (Å²) in [5, 5.41) is 1.06. The van der Waals surface area contributed by atoms with Crippen LogP contribution in [0.4, 0.5) is 9.93 Å². The van der Waals surface area contributed by atoms with Gasteiger partial charge in [0.25, 0.3) is 0 Å². The Kier molecular flexibility index (Phi) is 6.41. The second kappa shape index (κ2) is 9.20. The lowest BCUT2D eigenvalue weighted by Crippen LogP contribution is -2.53. The molecule has 2 amide bonds. The average molecular weight is 431 g/mol. The van der Waals surface area contributed by atoms with E-state index in [0.717, 1.165) is 43.0 Å². The molecule has 0 aliphatic carbocycles. The van der Waals surface area contributed by atoms with Gasteiger partial charge in [0.1, 0.15) is 0 Å². The number of thiazole rings is 1. The van der Waals surface area contributed by atoms with Crippen LogP contribution in [0, 0.1) is 5.92 Å². The minimum absolute atomic E-state index is 0.0662. The monoisotopic (exact) mass is 430 g/mol. The number of anilines is 1. The number of hydrogen-bond donors (Lipinski definition) is 0. The Morgan fingerprint density at radius 1 is 1.07 bits per heavy atom. The zero-order chi connectivity index (χ0) is 21.1. The number of rotatable bonds is 4. The Labute approximate surface area is 181 Å². The fourth-order valence-corrected chi connectivity index (χ4v) is 5.29. The van der Waals surface area contributed by atoms with E-state index in [9.17, 15) is 9.59 Å². The first-order valence-corrected chi connectivity index (χ1v) is 11.8. The lowest BCUT2D eigenvalue weighted by molar-refractivity contribution is -0.137. The van der Waals surface area contributed by atoms with Gasteiger partial charge in [-0.1, -0.05) is 24.3 Å². The molecule has 30 heavy (non-hydrogen) atoms. The zero-order valence-electron chi connectivity index (χ0n) is 17.8. The number of piperazine rings is 1. The average Bonchev–Trinajstić information content (AvgIpc) is 3.22. The van der Waals surface area contributed by atoms with Crippen molar-refractivity contribution in [3.05, 3.63) is 23.8 Å². The molecule has 0 bridgehead atoms. The van der Waals surface area contributed by atoms with E-state index in [4.69, 9.17) is 9.72 Å². The first kappa shape index (κ1) is 20.9. The standard InChI is InChI=1S/C22H30N4O3S/c1-3-16-5-6-18-19(15-16)30-21(23-18)25-9-7-17(8-10-25)20(27)24-11-13-26(14-12-24)22(28)29-4-2/h5-6,15,17H,3-4,7-14H2,1-2H3. The number of aromatic nitrogens is 1. The van der Waals surface area contributed by atoms with Crippen molar-refractivity contribution in [2.24, 2.45) is 5.92 Å². The molecule has 2 fully saturated rings. The zero-order valence-corrected chi connectivity index (χ0v) is 18.6. The molecule has 0 radical (unpaired) electrons. The van der Waals surface area contributed by atoms with Gasteiger partial charge in [0, 0.05) is 45.2 Å². The van der Waals surface area contributed by atoms with Gasteiger partial charge in [-0.25, -0.2) is 9.78 Å². The van der Waals surface area contributed by atoms with Crippen LogP contribution < -0.4 is 4.90 Å². The molecule has 4 rings (SSSR count). The summed E-state index contributed by atoms with van der Waals surface area (Å²) in [6.45, 7) is 8.36. The summed E-state index contributed by atoms with van der Waals surface area (Å²) in [6, 6.07) is 6.50. The third-order valence-electron chi connectivity index (χ3n) is 6.08. The smallest absolute Gasteiger partial charge is 0.409 e. The molecule has 1 aromatic carbocycles. The predicted octanol–water partition coefficient (Wildman–Crippen LogP) is 3.38. The largest absolute Gasteiger partial charge is 0.450 e. The van der Waals surface area contributed by atoms with Gasteiger partial charge in [-0.3, -0.25) is 4.79 Å². The summed E-state index contributed by atoms with van der Waals surface area (Å²) >= 11 is 1.75. The van der Waals surface area contributed by atoms with E-state index in [1.54, 1.807) is 23.2 Å². The van der Waals surface area contributed by atoms with E-state index >= 15 is 0 Å². The number of benzene rings is 1. The predicted molar refractivity (Wildman–Crippen MR) is 119 cm³/mol. The van der Waals surface area contributed by atoms with E-state index in [1.807, 2.05) is 4.90 Å². The van der Waals surface area contributed by atoms with Crippen molar-refractivity contribution in [2.45, 2.75) is 33.1 Å². The van der Waals surface area contributed by atoms with Crippen molar-refractivity contribution >= 4 is 38.7 Å². The van der Waals surface area contributed by atoms with Crippen molar-refractivity contribution in [3.8, 4) is 0 Å². The maximum Gasteiger partial charge on any atom is 0.409 e. The highest BCUT2D eigenvalue weighted by Gasteiger charge is 2.32. The lowest BCUT2D eigenvalue weighted by atomic mass is 9.95. The highest BCUT2D eigenvalue weighted by Crippen LogP contribution is 2.32. The van der Waals surface area contributed by atoms with E-state index in [2.05, 4.69) is 30.0 Å². The quantitative estimate of drug-likeness (QED) is 0.744. The fourth-order valence-electron chi connectivity index (χ4n) is 4.21. The Morgan fingerprint density at radius 2 is 1.77 bits per heavy atom. The Bertz CT molecular complexity index is 899. The summed E-state index contributed by atoms with van der Waals surface area (Å²) in [5.74, 6) is 0.298. The van der Waals surface area contributed by atoms with E-state index < -0.39 is 0 Å². The fraction of sp³-hybridized carbons (Fsp3) is 0.591. The number of amides is 2. The summed E-state index contributed by atoms with van der Waals surface area (Å²) in [4.78, 5) is 35.5. The molecule has 3 heterocycles. The van der Waals surface area contributed by atoms with Gasteiger partial charge >= 0.3 is 6.09 Å². The van der Waals surface area contributed by atoms with E-state index in [1.165, 1.54) is 10.3 Å². The molecule has 2 aliphatic heterocycles. The summed E-state index contributed by atoms with van der Waals surface area (Å²) < 4.78 is 6.29. The van der Waals surface area contributed by atoms with Gasteiger partial charge in [0.2, 0.25) is 5.91 Å². The molecule has 162 valence electrons. The second-order valence-corrected chi connectivity index (χ2v) is 8.93. The molecule has 2 aliphatic rings. The normalized spacial score (nSPS) is 18.1. The number of aryl methyl sites for hydroxylation is 1. The number of piperidine rings is 1. The van der Waals surface area contributed by atoms with E-state index in [-0.39, 0.29) is 17.9 Å².